The molecule has 0 aliphatic rings. The number of nitrogen functional groups attached to an aromatic ring is 1. The summed E-state index contributed by atoms with van der Waals surface area (Å²) in [5, 5.41) is 9.58. The van der Waals surface area contributed by atoms with Crippen molar-refractivity contribution in [1.82, 2.24) is 14.8 Å². The summed E-state index contributed by atoms with van der Waals surface area (Å²) in [6.45, 7) is 2.72. The summed E-state index contributed by atoms with van der Waals surface area (Å²) in [7, 11) is 1.88. The first-order valence-corrected chi connectivity index (χ1v) is 6.02. The van der Waals surface area contributed by atoms with Gasteiger partial charge in [-0.2, -0.15) is 5.10 Å². The van der Waals surface area contributed by atoms with Gasteiger partial charge in [0, 0.05) is 25.4 Å². The molecule has 0 amide bonds. The van der Waals surface area contributed by atoms with Gasteiger partial charge < -0.3 is 11.1 Å². The number of anilines is 2. The van der Waals surface area contributed by atoms with Gasteiger partial charge in [0.15, 0.2) is 0 Å². The molecule has 2 aromatic rings. The van der Waals surface area contributed by atoms with E-state index in [0.29, 0.717) is 0 Å². The molecule has 3 N–H and O–H groups in total. The fourth-order valence-corrected chi connectivity index (χ4v) is 2.15. The molecule has 2 rings (SSSR count). The van der Waals surface area contributed by atoms with Crippen molar-refractivity contribution >= 4 is 22.8 Å². The lowest BCUT2D eigenvalue weighted by molar-refractivity contribution is 0.756. The third-order valence-electron chi connectivity index (χ3n) is 2.43. The topological polar surface area (TPSA) is 68.8 Å². The van der Waals surface area contributed by atoms with E-state index < -0.39 is 0 Å². The van der Waals surface area contributed by atoms with Crippen molar-refractivity contribution in [2.24, 2.45) is 7.05 Å². The SMILES string of the molecule is Cc1nn(C)c(NCCc2cscn2)c1N. The maximum absolute atomic E-state index is 5.90. The smallest absolute Gasteiger partial charge is 0.147 e. The van der Waals surface area contributed by atoms with Crippen molar-refractivity contribution < 1.29 is 0 Å². The minimum absolute atomic E-state index is 0.723. The lowest BCUT2D eigenvalue weighted by Gasteiger charge is -2.06. The number of nitrogens with zero attached hydrogens (tertiary/aromatic N) is 3. The monoisotopic (exact) mass is 237 g/mol. The molecule has 0 atom stereocenters. The van der Waals surface area contributed by atoms with Crippen LogP contribution in [-0.4, -0.2) is 21.3 Å². The predicted octanol–water partition coefficient (Wildman–Crippen LogP) is 1.42. The number of aromatic nitrogens is 3. The van der Waals surface area contributed by atoms with Crippen molar-refractivity contribution in [3.05, 3.63) is 22.3 Å². The quantitative estimate of drug-likeness (QED) is 0.844. The normalized spacial score (nSPS) is 10.6. The highest BCUT2D eigenvalue weighted by Crippen LogP contribution is 2.20. The molecule has 0 unspecified atom stereocenters. The van der Waals surface area contributed by atoms with Gasteiger partial charge in [-0.1, -0.05) is 0 Å². The van der Waals surface area contributed by atoms with E-state index in [4.69, 9.17) is 5.73 Å². The maximum atomic E-state index is 5.90. The molecular weight excluding hydrogens is 222 g/mol. The van der Waals surface area contributed by atoms with Gasteiger partial charge in [0.05, 0.1) is 22.6 Å². The van der Waals surface area contributed by atoms with Crippen molar-refractivity contribution in [3.8, 4) is 0 Å². The maximum Gasteiger partial charge on any atom is 0.147 e. The molecule has 0 radical (unpaired) electrons. The zero-order valence-corrected chi connectivity index (χ0v) is 10.2. The lowest BCUT2D eigenvalue weighted by atomic mass is 10.3. The van der Waals surface area contributed by atoms with Gasteiger partial charge in [-0.05, 0) is 6.92 Å². The van der Waals surface area contributed by atoms with Gasteiger partial charge in [0.25, 0.3) is 0 Å². The number of thiazole rings is 1. The summed E-state index contributed by atoms with van der Waals surface area (Å²) >= 11 is 1.62. The first-order chi connectivity index (χ1) is 7.68. The van der Waals surface area contributed by atoms with Gasteiger partial charge in [-0.15, -0.1) is 11.3 Å². The Bertz CT molecular complexity index is 460. The molecule has 86 valence electrons. The molecule has 0 spiro atoms. The number of nitrogens with two attached hydrogens (primary N) is 1. The second-order valence-electron chi connectivity index (χ2n) is 3.63. The highest BCUT2D eigenvalue weighted by molar-refractivity contribution is 7.07. The number of hydrogen-bond donors (Lipinski definition) is 2. The van der Waals surface area contributed by atoms with Crippen LogP contribution in [0.3, 0.4) is 0 Å². The van der Waals surface area contributed by atoms with Crippen LogP contribution in [0.25, 0.3) is 0 Å². The average molecular weight is 237 g/mol. The Hall–Kier alpha value is -1.56. The van der Waals surface area contributed by atoms with E-state index in [1.54, 1.807) is 16.0 Å². The Labute approximate surface area is 98.3 Å². The summed E-state index contributed by atoms with van der Waals surface area (Å²) in [5.41, 5.74) is 10.4. The Morgan fingerprint density at radius 2 is 2.38 bits per heavy atom. The number of nitrogens with one attached hydrogen (secondary N) is 1. The molecule has 2 aromatic heterocycles. The minimum atomic E-state index is 0.723. The van der Waals surface area contributed by atoms with Crippen LogP contribution in [0, 0.1) is 6.92 Å². The van der Waals surface area contributed by atoms with Gasteiger partial charge in [0.2, 0.25) is 0 Å². The van der Waals surface area contributed by atoms with E-state index in [9.17, 15) is 0 Å². The van der Waals surface area contributed by atoms with E-state index in [-0.39, 0.29) is 0 Å². The summed E-state index contributed by atoms with van der Waals surface area (Å²) < 4.78 is 1.77. The molecule has 0 fully saturated rings. The first-order valence-electron chi connectivity index (χ1n) is 5.08. The summed E-state index contributed by atoms with van der Waals surface area (Å²) in [6.07, 6.45) is 0.896. The summed E-state index contributed by atoms with van der Waals surface area (Å²) in [5.74, 6) is 0.882. The molecule has 16 heavy (non-hydrogen) atoms. The lowest BCUT2D eigenvalue weighted by Crippen LogP contribution is -2.10. The van der Waals surface area contributed by atoms with E-state index in [0.717, 1.165) is 35.9 Å². The van der Waals surface area contributed by atoms with Crippen LogP contribution in [0.2, 0.25) is 0 Å². The van der Waals surface area contributed by atoms with Crippen molar-refractivity contribution in [2.75, 3.05) is 17.6 Å². The zero-order valence-electron chi connectivity index (χ0n) is 9.40. The molecule has 0 saturated heterocycles. The fraction of sp³-hybridized carbons (Fsp3) is 0.400. The Kier molecular flexibility index (Phi) is 3.09. The van der Waals surface area contributed by atoms with E-state index in [1.165, 1.54) is 0 Å². The number of hydrogen-bond acceptors (Lipinski definition) is 5. The van der Waals surface area contributed by atoms with Crippen molar-refractivity contribution in [3.63, 3.8) is 0 Å². The number of aryl methyl sites for hydroxylation is 2. The summed E-state index contributed by atoms with van der Waals surface area (Å²) in [6, 6.07) is 0. The molecular formula is C10H15N5S. The van der Waals surface area contributed by atoms with Crippen LogP contribution in [0.15, 0.2) is 10.9 Å². The highest BCUT2D eigenvalue weighted by atomic mass is 32.1. The van der Waals surface area contributed by atoms with Crippen LogP contribution in [0.4, 0.5) is 11.5 Å². The third-order valence-corrected chi connectivity index (χ3v) is 3.06. The third kappa shape index (κ3) is 2.16. The van der Waals surface area contributed by atoms with E-state index in [2.05, 4.69) is 20.8 Å². The number of rotatable bonds is 4. The molecule has 0 bridgehead atoms. The molecule has 2 heterocycles. The van der Waals surface area contributed by atoms with Crippen molar-refractivity contribution in [1.29, 1.82) is 0 Å². The predicted molar refractivity (Wildman–Crippen MR) is 66.7 cm³/mol. The minimum Gasteiger partial charge on any atom is -0.394 e. The van der Waals surface area contributed by atoms with Gasteiger partial charge >= 0.3 is 0 Å². The largest absolute Gasteiger partial charge is 0.394 e. The van der Waals surface area contributed by atoms with E-state index in [1.807, 2.05) is 19.5 Å². The fourth-order valence-electron chi connectivity index (χ4n) is 1.55. The van der Waals surface area contributed by atoms with E-state index >= 15 is 0 Å². The van der Waals surface area contributed by atoms with Gasteiger partial charge in [-0.25, -0.2) is 4.98 Å². The average Bonchev–Trinajstić information content (AvgIpc) is 2.82. The van der Waals surface area contributed by atoms with Crippen LogP contribution < -0.4 is 11.1 Å². The van der Waals surface area contributed by atoms with Crippen LogP contribution in [0.5, 0.6) is 0 Å². The highest BCUT2D eigenvalue weighted by Gasteiger charge is 2.08. The zero-order chi connectivity index (χ0) is 11.5. The molecule has 0 aromatic carbocycles. The molecule has 0 saturated carbocycles. The molecule has 5 nitrogen and oxygen atoms in total. The molecule has 0 aliphatic carbocycles. The Morgan fingerprint density at radius 3 is 2.94 bits per heavy atom. The Morgan fingerprint density at radius 1 is 1.56 bits per heavy atom. The van der Waals surface area contributed by atoms with Crippen LogP contribution >= 0.6 is 11.3 Å². The molecule has 6 heteroatoms. The first kappa shape index (κ1) is 10.9. The van der Waals surface area contributed by atoms with Gasteiger partial charge in [0.1, 0.15) is 5.82 Å². The standard InChI is InChI=1S/C10H15N5S/c1-7-9(11)10(15(2)14-7)12-4-3-8-5-16-6-13-8/h5-6,12H,3-4,11H2,1-2H3. The van der Waals surface area contributed by atoms with Gasteiger partial charge in [-0.3, -0.25) is 4.68 Å². The second-order valence-corrected chi connectivity index (χ2v) is 4.35. The van der Waals surface area contributed by atoms with Crippen LogP contribution in [-0.2, 0) is 13.5 Å². The molecule has 0 aliphatic heterocycles. The second kappa shape index (κ2) is 4.52. The summed E-state index contributed by atoms with van der Waals surface area (Å²) in [4.78, 5) is 4.22. The van der Waals surface area contributed by atoms with Crippen molar-refractivity contribution in [2.45, 2.75) is 13.3 Å². The Balaban J connectivity index is 1.95. The van der Waals surface area contributed by atoms with Crippen LogP contribution in [0.1, 0.15) is 11.4 Å².